The minimum absolute atomic E-state index is 0.144. The van der Waals surface area contributed by atoms with Crippen molar-refractivity contribution in [3.05, 3.63) is 42.2 Å². The number of hydrogen-bond donors (Lipinski definition) is 1. The van der Waals surface area contributed by atoms with Crippen LogP contribution in [0.1, 0.15) is 37.0 Å². The monoisotopic (exact) mass is 270 g/mol. The molecule has 0 fully saturated rings. The number of ketones is 1. The Kier molecular flexibility index (Phi) is 4.85. The molecule has 1 aromatic carbocycles. The van der Waals surface area contributed by atoms with Gasteiger partial charge in [-0.1, -0.05) is 38.1 Å². The van der Waals surface area contributed by atoms with Crippen LogP contribution in [-0.4, -0.2) is 17.3 Å². The Hall–Kier alpha value is -1.74. The van der Waals surface area contributed by atoms with Crippen LogP contribution >= 0.6 is 0 Å². The van der Waals surface area contributed by atoms with Gasteiger partial charge in [0.05, 0.1) is 0 Å². The topological polar surface area (TPSA) is 56.0 Å². The number of rotatable bonds is 6. The van der Waals surface area contributed by atoms with Crippen molar-refractivity contribution in [1.82, 2.24) is 4.98 Å². The standard InChI is InChI=1S/C17H22N2O/c1-12(2)7-13(9-18)8-17(20)16-11-19-10-14-5-3-4-6-15(14)16/h3-6,10-13H,7-9,18H2,1-2H3. The van der Waals surface area contributed by atoms with Gasteiger partial charge in [0.1, 0.15) is 0 Å². The number of nitrogens with zero attached hydrogens (tertiary/aromatic N) is 1. The van der Waals surface area contributed by atoms with Crippen molar-refractivity contribution in [3.63, 3.8) is 0 Å². The van der Waals surface area contributed by atoms with Crippen LogP contribution in [0.5, 0.6) is 0 Å². The molecule has 0 aliphatic rings. The summed E-state index contributed by atoms with van der Waals surface area (Å²) in [7, 11) is 0. The van der Waals surface area contributed by atoms with Gasteiger partial charge in [-0.15, -0.1) is 0 Å². The highest BCUT2D eigenvalue weighted by molar-refractivity contribution is 6.07. The molecule has 1 atom stereocenters. The van der Waals surface area contributed by atoms with E-state index in [2.05, 4.69) is 18.8 Å². The number of aromatic nitrogens is 1. The molecule has 2 rings (SSSR count). The fourth-order valence-electron chi connectivity index (χ4n) is 2.64. The number of carbonyl (C=O) groups excluding carboxylic acids is 1. The third kappa shape index (κ3) is 3.42. The first kappa shape index (κ1) is 14.7. The first-order valence-electron chi connectivity index (χ1n) is 7.17. The third-order valence-corrected chi connectivity index (χ3v) is 3.58. The van der Waals surface area contributed by atoms with Crippen LogP contribution in [0.15, 0.2) is 36.7 Å². The maximum absolute atomic E-state index is 12.5. The van der Waals surface area contributed by atoms with Crippen molar-refractivity contribution in [3.8, 4) is 0 Å². The molecule has 20 heavy (non-hydrogen) atoms. The molecule has 1 aromatic heterocycles. The molecule has 0 radical (unpaired) electrons. The average Bonchev–Trinajstić information content (AvgIpc) is 2.45. The van der Waals surface area contributed by atoms with Gasteiger partial charge in [0.2, 0.25) is 0 Å². The quantitative estimate of drug-likeness (QED) is 0.818. The predicted molar refractivity (Wildman–Crippen MR) is 82.7 cm³/mol. The molecule has 3 nitrogen and oxygen atoms in total. The van der Waals surface area contributed by atoms with Crippen molar-refractivity contribution >= 4 is 16.6 Å². The molecular formula is C17H22N2O. The van der Waals surface area contributed by atoms with Crippen molar-refractivity contribution < 1.29 is 4.79 Å². The molecule has 106 valence electrons. The summed E-state index contributed by atoms with van der Waals surface area (Å²) in [5.74, 6) is 0.953. The minimum atomic E-state index is 0.144. The van der Waals surface area contributed by atoms with Gasteiger partial charge in [0, 0.05) is 29.8 Å². The molecule has 0 aliphatic heterocycles. The molecule has 0 amide bonds. The van der Waals surface area contributed by atoms with Crippen LogP contribution in [-0.2, 0) is 0 Å². The third-order valence-electron chi connectivity index (χ3n) is 3.58. The first-order valence-corrected chi connectivity index (χ1v) is 7.17. The Balaban J connectivity index is 2.23. The van der Waals surface area contributed by atoms with Crippen molar-refractivity contribution in [2.24, 2.45) is 17.6 Å². The van der Waals surface area contributed by atoms with Gasteiger partial charge in [-0.2, -0.15) is 0 Å². The van der Waals surface area contributed by atoms with E-state index in [0.717, 1.165) is 17.2 Å². The van der Waals surface area contributed by atoms with Crippen LogP contribution < -0.4 is 5.73 Å². The molecule has 0 spiro atoms. The van der Waals surface area contributed by atoms with Gasteiger partial charge in [-0.05, 0) is 30.2 Å². The fraction of sp³-hybridized carbons (Fsp3) is 0.412. The molecule has 2 N–H and O–H groups in total. The van der Waals surface area contributed by atoms with Gasteiger partial charge in [-0.3, -0.25) is 9.78 Å². The van der Waals surface area contributed by atoms with E-state index in [1.54, 1.807) is 12.4 Å². The minimum Gasteiger partial charge on any atom is -0.330 e. The van der Waals surface area contributed by atoms with Crippen LogP contribution in [0.3, 0.4) is 0 Å². The molecule has 1 heterocycles. The molecule has 0 saturated heterocycles. The lowest BCUT2D eigenvalue weighted by atomic mass is 9.90. The van der Waals surface area contributed by atoms with Gasteiger partial charge < -0.3 is 5.73 Å². The van der Waals surface area contributed by atoms with Crippen LogP contribution in [0.4, 0.5) is 0 Å². The normalized spacial score (nSPS) is 12.8. The van der Waals surface area contributed by atoms with E-state index >= 15 is 0 Å². The smallest absolute Gasteiger partial charge is 0.165 e. The second-order valence-corrected chi connectivity index (χ2v) is 5.77. The van der Waals surface area contributed by atoms with Crippen molar-refractivity contribution in [2.75, 3.05) is 6.54 Å². The highest BCUT2D eigenvalue weighted by Gasteiger charge is 2.17. The summed E-state index contributed by atoms with van der Waals surface area (Å²) in [6, 6.07) is 7.87. The summed E-state index contributed by atoms with van der Waals surface area (Å²) in [6.07, 6.45) is 4.96. The lowest BCUT2D eigenvalue weighted by Crippen LogP contribution is -2.20. The van der Waals surface area contributed by atoms with E-state index in [9.17, 15) is 4.79 Å². The zero-order valence-corrected chi connectivity index (χ0v) is 12.2. The highest BCUT2D eigenvalue weighted by atomic mass is 16.1. The zero-order chi connectivity index (χ0) is 14.5. The highest BCUT2D eigenvalue weighted by Crippen LogP contribution is 2.22. The fourth-order valence-corrected chi connectivity index (χ4v) is 2.64. The second-order valence-electron chi connectivity index (χ2n) is 5.77. The van der Waals surface area contributed by atoms with Gasteiger partial charge >= 0.3 is 0 Å². The van der Waals surface area contributed by atoms with Gasteiger partial charge in [0.15, 0.2) is 5.78 Å². The SMILES string of the molecule is CC(C)CC(CN)CC(=O)c1cncc2ccccc12. The first-order chi connectivity index (χ1) is 9.61. The van der Waals surface area contributed by atoms with E-state index < -0.39 is 0 Å². The molecule has 0 saturated carbocycles. The molecule has 2 aromatic rings. The second kappa shape index (κ2) is 6.62. The number of pyridine rings is 1. The van der Waals surface area contributed by atoms with E-state index in [4.69, 9.17) is 5.73 Å². The van der Waals surface area contributed by atoms with E-state index in [1.807, 2.05) is 24.3 Å². The van der Waals surface area contributed by atoms with E-state index in [1.165, 1.54) is 0 Å². The molecular weight excluding hydrogens is 248 g/mol. The summed E-state index contributed by atoms with van der Waals surface area (Å²) in [5, 5.41) is 1.99. The Morgan fingerprint density at radius 1 is 1.25 bits per heavy atom. The summed E-state index contributed by atoms with van der Waals surface area (Å²) in [6.45, 7) is 4.88. The van der Waals surface area contributed by atoms with Crippen molar-refractivity contribution in [1.29, 1.82) is 0 Å². The predicted octanol–water partition coefficient (Wildman–Crippen LogP) is 3.43. The Bertz CT molecular complexity index is 587. The number of carbonyl (C=O) groups is 1. The van der Waals surface area contributed by atoms with Crippen LogP contribution in [0.25, 0.3) is 10.8 Å². The number of fused-ring (bicyclic) bond motifs is 1. The molecule has 1 unspecified atom stereocenters. The summed E-state index contributed by atoms with van der Waals surface area (Å²) >= 11 is 0. The van der Waals surface area contributed by atoms with Gasteiger partial charge in [-0.25, -0.2) is 0 Å². The lowest BCUT2D eigenvalue weighted by molar-refractivity contribution is 0.0958. The number of benzene rings is 1. The number of Topliss-reactive ketones (excluding diaryl/α,β-unsaturated/α-hetero) is 1. The summed E-state index contributed by atoms with van der Waals surface area (Å²) in [5.41, 5.74) is 6.51. The molecule has 0 aliphatic carbocycles. The molecule has 0 bridgehead atoms. The van der Waals surface area contributed by atoms with Crippen LogP contribution in [0.2, 0.25) is 0 Å². The Morgan fingerprint density at radius 2 is 2.00 bits per heavy atom. The number of hydrogen-bond acceptors (Lipinski definition) is 3. The maximum atomic E-state index is 12.5. The zero-order valence-electron chi connectivity index (χ0n) is 12.2. The Labute approximate surface area is 120 Å². The van der Waals surface area contributed by atoms with E-state index in [0.29, 0.717) is 24.4 Å². The van der Waals surface area contributed by atoms with E-state index in [-0.39, 0.29) is 11.7 Å². The van der Waals surface area contributed by atoms with Crippen LogP contribution in [0, 0.1) is 11.8 Å². The van der Waals surface area contributed by atoms with Gasteiger partial charge in [0.25, 0.3) is 0 Å². The average molecular weight is 270 g/mol. The Morgan fingerprint density at radius 3 is 2.70 bits per heavy atom. The summed E-state index contributed by atoms with van der Waals surface area (Å²) in [4.78, 5) is 16.7. The number of nitrogens with two attached hydrogens (primary N) is 1. The van der Waals surface area contributed by atoms with Crippen molar-refractivity contribution in [2.45, 2.75) is 26.7 Å². The largest absolute Gasteiger partial charge is 0.330 e. The lowest BCUT2D eigenvalue weighted by Gasteiger charge is -2.16. The maximum Gasteiger partial charge on any atom is 0.165 e. The molecule has 3 heteroatoms. The summed E-state index contributed by atoms with van der Waals surface area (Å²) < 4.78 is 0.